The number of aldehydes is 1. The molecule has 0 radical (unpaired) electrons. The van der Waals surface area contributed by atoms with Crippen LogP contribution < -0.4 is 21.3 Å². The van der Waals surface area contributed by atoms with E-state index < -0.39 is 41.4 Å². The van der Waals surface area contributed by atoms with Gasteiger partial charge in [0.2, 0.25) is 17.7 Å². The van der Waals surface area contributed by atoms with Crippen LogP contribution in [0.15, 0.2) is 0 Å². The second-order valence-electron chi connectivity index (χ2n) is 10.3. The minimum absolute atomic E-state index is 0.145. The molecule has 0 aromatic heterocycles. The second-order valence-corrected chi connectivity index (χ2v) is 10.3. The normalized spacial score (nSPS) is 19.5. The molecule has 1 fully saturated rings. The Balaban J connectivity index is 2.96. The van der Waals surface area contributed by atoms with Crippen molar-refractivity contribution in [1.82, 2.24) is 21.3 Å². The average molecular weight is 441 g/mol. The molecule has 0 unspecified atom stereocenters. The van der Waals surface area contributed by atoms with Crippen molar-refractivity contribution in [3.8, 4) is 0 Å². The number of amides is 4. The van der Waals surface area contributed by atoms with Crippen molar-refractivity contribution in [2.24, 2.45) is 16.7 Å². The molecule has 0 aromatic carbocycles. The van der Waals surface area contributed by atoms with Gasteiger partial charge in [-0.2, -0.15) is 0 Å². The minimum Gasteiger partial charge on any atom is -0.465 e. The lowest BCUT2D eigenvalue weighted by Crippen LogP contribution is -2.59. The van der Waals surface area contributed by atoms with Gasteiger partial charge >= 0.3 is 6.09 Å². The van der Waals surface area contributed by atoms with Crippen LogP contribution in [0.25, 0.3) is 0 Å². The van der Waals surface area contributed by atoms with E-state index >= 15 is 0 Å². The Morgan fingerprint density at radius 2 is 1.71 bits per heavy atom. The molecular weight excluding hydrogens is 404 g/mol. The fraction of sp³-hybridized carbons (Fsp3) is 0.762. The predicted molar refractivity (Wildman–Crippen MR) is 114 cm³/mol. The summed E-state index contributed by atoms with van der Waals surface area (Å²) in [4.78, 5) is 60.3. The first-order chi connectivity index (χ1) is 14.1. The van der Waals surface area contributed by atoms with E-state index in [1.807, 2.05) is 20.8 Å². The van der Waals surface area contributed by atoms with Gasteiger partial charge in [0.05, 0.1) is 6.04 Å². The molecule has 10 heteroatoms. The standard InChI is InChI=1S/C21H36N4O6/c1-20(2,3)10-14(24-18(29)15(21(4,5)6)25-19(30)31)17(28)23-13(11-26)9-12-7-8-22-16(12)27/h11-15,25H,7-10H2,1-6H3,(H,22,27)(H,23,28)(H,24,29)(H,30,31)/t12-,13-,14-,15+/m0/s1. The topological polar surface area (TPSA) is 154 Å². The van der Waals surface area contributed by atoms with E-state index in [9.17, 15) is 24.0 Å². The number of hydrogen-bond donors (Lipinski definition) is 5. The molecule has 0 spiro atoms. The highest BCUT2D eigenvalue weighted by molar-refractivity contribution is 5.92. The first-order valence-corrected chi connectivity index (χ1v) is 10.5. The van der Waals surface area contributed by atoms with Crippen molar-refractivity contribution in [1.29, 1.82) is 0 Å². The average Bonchev–Trinajstić information content (AvgIpc) is 3.00. The maximum absolute atomic E-state index is 13.0. The molecule has 1 saturated heterocycles. The fourth-order valence-electron chi connectivity index (χ4n) is 3.48. The molecule has 4 amide bonds. The van der Waals surface area contributed by atoms with E-state index in [2.05, 4.69) is 21.3 Å². The van der Waals surface area contributed by atoms with Gasteiger partial charge in [-0.1, -0.05) is 41.5 Å². The highest BCUT2D eigenvalue weighted by Crippen LogP contribution is 2.23. The molecule has 0 aromatic rings. The van der Waals surface area contributed by atoms with Gasteiger partial charge in [-0.15, -0.1) is 0 Å². The Morgan fingerprint density at radius 3 is 2.13 bits per heavy atom. The predicted octanol–water partition coefficient (Wildman–Crippen LogP) is 0.800. The van der Waals surface area contributed by atoms with Crippen LogP contribution in [0.1, 0.15) is 60.8 Å². The van der Waals surface area contributed by atoms with Gasteiger partial charge in [-0.05, 0) is 30.1 Å². The summed E-state index contributed by atoms with van der Waals surface area (Å²) in [6.07, 6.45) is 0.285. The quantitative estimate of drug-likeness (QED) is 0.334. The van der Waals surface area contributed by atoms with Gasteiger partial charge < -0.3 is 31.2 Å². The molecule has 0 bridgehead atoms. The van der Waals surface area contributed by atoms with Gasteiger partial charge in [0.15, 0.2) is 0 Å². The number of nitrogens with one attached hydrogen (secondary N) is 4. The van der Waals surface area contributed by atoms with Gasteiger partial charge in [-0.25, -0.2) is 4.79 Å². The van der Waals surface area contributed by atoms with Crippen LogP contribution in [0.4, 0.5) is 4.79 Å². The third-order valence-electron chi connectivity index (χ3n) is 5.04. The van der Waals surface area contributed by atoms with E-state index in [0.717, 1.165) is 0 Å². The summed E-state index contributed by atoms with van der Waals surface area (Å²) >= 11 is 0. The zero-order valence-electron chi connectivity index (χ0n) is 19.2. The fourth-order valence-corrected chi connectivity index (χ4v) is 3.48. The number of hydrogen-bond acceptors (Lipinski definition) is 5. The van der Waals surface area contributed by atoms with Gasteiger partial charge in [-0.3, -0.25) is 14.4 Å². The van der Waals surface area contributed by atoms with Crippen LogP contribution in [0.3, 0.4) is 0 Å². The monoisotopic (exact) mass is 440 g/mol. The van der Waals surface area contributed by atoms with Crippen molar-refractivity contribution < 1.29 is 29.1 Å². The van der Waals surface area contributed by atoms with E-state index in [4.69, 9.17) is 5.11 Å². The summed E-state index contributed by atoms with van der Waals surface area (Å²) in [7, 11) is 0. The maximum atomic E-state index is 13.0. The van der Waals surface area contributed by atoms with Crippen molar-refractivity contribution in [3.05, 3.63) is 0 Å². The molecule has 10 nitrogen and oxygen atoms in total. The highest BCUT2D eigenvalue weighted by atomic mass is 16.4. The summed E-state index contributed by atoms with van der Waals surface area (Å²) < 4.78 is 0. The molecule has 5 N–H and O–H groups in total. The largest absolute Gasteiger partial charge is 0.465 e. The lowest BCUT2D eigenvalue weighted by Gasteiger charge is -2.32. The van der Waals surface area contributed by atoms with Crippen LogP contribution in [0.5, 0.6) is 0 Å². The highest BCUT2D eigenvalue weighted by Gasteiger charge is 2.37. The molecular formula is C21H36N4O6. The van der Waals surface area contributed by atoms with Crippen LogP contribution >= 0.6 is 0 Å². The van der Waals surface area contributed by atoms with Crippen LogP contribution in [-0.2, 0) is 19.2 Å². The molecule has 0 aliphatic carbocycles. The SMILES string of the molecule is CC(C)(C)C[C@H](NC(=O)[C@@H](NC(=O)O)C(C)(C)C)C(=O)N[C@H](C=O)C[C@@H]1CCNC1=O. The number of rotatable bonds is 9. The summed E-state index contributed by atoms with van der Waals surface area (Å²) in [5, 5.41) is 19.3. The van der Waals surface area contributed by atoms with E-state index in [0.29, 0.717) is 19.3 Å². The Kier molecular flexibility index (Phi) is 9.01. The van der Waals surface area contributed by atoms with Crippen LogP contribution in [0, 0.1) is 16.7 Å². The number of carbonyl (C=O) groups excluding carboxylic acids is 4. The summed E-state index contributed by atoms with van der Waals surface area (Å²) in [5.74, 6) is -1.68. The zero-order chi connectivity index (χ0) is 24.0. The van der Waals surface area contributed by atoms with E-state index in [-0.39, 0.29) is 30.1 Å². The molecule has 1 rings (SSSR count). The third-order valence-corrected chi connectivity index (χ3v) is 5.04. The maximum Gasteiger partial charge on any atom is 0.405 e. The molecule has 31 heavy (non-hydrogen) atoms. The lowest BCUT2D eigenvalue weighted by atomic mass is 9.84. The molecule has 1 aliphatic rings. The minimum atomic E-state index is -1.34. The van der Waals surface area contributed by atoms with Gasteiger partial charge in [0.25, 0.3) is 0 Å². The first-order valence-electron chi connectivity index (χ1n) is 10.5. The van der Waals surface area contributed by atoms with E-state index in [1.165, 1.54) is 0 Å². The van der Waals surface area contributed by atoms with E-state index in [1.54, 1.807) is 20.8 Å². The van der Waals surface area contributed by atoms with Crippen molar-refractivity contribution in [2.75, 3.05) is 6.54 Å². The Morgan fingerprint density at radius 1 is 1.10 bits per heavy atom. The summed E-state index contributed by atoms with van der Waals surface area (Å²) in [6.45, 7) is 11.4. The third kappa shape index (κ3) is 8.94. The Labute approximate surface area is 183 Å². The van der Waals surface area contributed by atoms with Gasteiger partial charge in [0.1, 0.15) is 18.4 Å². The second kappa shape index (κ2) is 10.6. The molecule has 1 aliphatic heterocycles. The lowest BCUT2D eigenvalue weighted by molar-refractivity contribution is -0.133. The molecule has 4 atom stereocenters. The smallest absolute Gasteiger partial charge is 0.405 e. The molecule has 0 saturated carbocycles. The summed E-state index contributed by atoms with van der Waals surface area (Å²) in [5.41, 5.74) is -1.07. The van der Waals surface area contributed by atoms with Crippen LogP contribution in [-0.4, -0.2) is 59.9 Å². The number of carboxylic acid groups (broad SMARTS) is 1. The van der Waals surface area contributed by atoms with Crippen LogP contribution in [0.2, 0.25) is 0 Å². The molecule has 1 heterocycles. The summed E-state index contributed by atoms with van der Waals surface area (Å²) in [6, 6.07) is -2.92. The number of carbonyl (C=O) groups is 5. The molecule has 176 valence electrons. The first kappa shape index (κ1) is 26.4. The van der Waals surface area contributed by atoms with Crippen molar-refractivity contribution in [3.63, 3.8) is 0 Å². The Hall–Kier alpha value is -2.65. The van der Waals surface area contributed by atoms with Crippen molar-refractivity contribution in [2.45, 2.75) is 78.9 Å². The zero-order valence-corrected chi connectivity index (χ0v) is 19.2. The Bertz CT molecular complexity index is 695. The van der Waals surface area contributed by atoms with Gasteiger partial charge in [0, 0.05) is 12.5 Å². The van der Waals surface area contributed by atoms with Crippen molar-refractivity contribution >= 4 is 30.1 Å².